The molecule has 0 spiro atoms. The van der Waals surface area contributed by atoms with E-state index in [1.807, 2.05) is 4.90 Å². The van der Waals surface area contributed by atoms with Crippen LogP contribution < -0.4 is 0 Å². The lowest BCUT2D eigenvalue weighted by molar-refractivity contribution is -0.139. The summed E-state index contributed by atoms with van der Waals surface area (Å²) in [5, 5.41) is 19.9. The number of aliphatic hydroxyl groups excluding tert-OH is 1. The zero-order valence-corrected chi connectivity index (χ0v) is 17.4. The van der Waals surface area contributed by atoms with E-state index in [9.17, 15) is 23.4 Å². The van der Waals surface area contributed by atoms with Crippen LogP contribution in [0.15, 0.2) is 29.2 Å². The number of carbonyl (C=O) groups is 1. The van der Waals surface area contributed by atoms with E-state index in [1.165, 1.54) is 6.26 Å². The summed E-state index contributed by atoms with van der Waals surface area (Å²) < 4.78 is 23.6. The van der Waals surface area contributed by atoms with Crippen molar-refractivity contribution in [3.05, 3.63) is 29.8 Å². The SMILES string of the molecule is CS(=O)(=O)c1ccc(C2(C(=O)N3CCCC(O)(CO)CC3)CCCCC2)cc1. The monoisotopic (exact) mass is 409 g/mol. The van der Waals surface area contributed by atoms with Crippen LogP contribution in [0.2, 0.25) is 0 Å². The fraction of sp³-hybridized carbons (Fsp3) is 0.667. The first-order valence-electron chi connectivity index (χ1n) is 10.1. The number of carbonyl (C=O) groups excluding carboxylic acids is 1. The van der Waals surface area contributed by atoms with Gasteiger partial charge >= 0.3 is 0 Å². The van der Waals surface area contributed by atoms with Crippen molar-refractivity contribution in [3.8, 4) is 0 Å². The third-order valence-electron chi connectivity index (χ3n) is 6.45. The highest BCUT2D eigenvalue weighted by Gasteiger charge is 2.44. The largest absolute Gasteiger partial charge is 0.393 e. The van der Waals surface area contributed by atoms with E-state index < -0.39 is 20.9 Å². The number of rotatable bonds is 4. The Bertz CT molecular complexity index is 799. The van der Waals surface area contributed by atoms with Gasteiger partial charge in [0.25, 0.3) is 0 Å². The van der Waals surface area contributed by atoms with E-state index in [0.29, 0.717) is 32.4 Å². The van der Waals surface area contributed by atoms with Crippen molar-refractivity contribution in [3.63, 3.8) is 0 Å². The number of hydrogen-bond acceptors (Lipinski definition) is 5. The topological polar surface area (TPSA) is 94.9 Å². The molecule has 6 nitrogen and oxygen atoms in total. The predicted molar refractivity (Wildman–Crippen MR) is 107 cm³/mol. The molecular formula is C21H31NO5S. The molecule has 3 rings (SSSR count). The summed E-state index contributed by atoms with van der Waals surface area (Å²) in [6.07, 6.45) is 7.25. The van der Waals surface area contributed by atoms with Gasteiger partial charge in [-0.05, 0) is 49.8 Å². The summed E-state index contributed by atoms with van der Waals surface area (Å²) >= 11 is 0. The third-order valence-corrected chi connectivity index (χ3v) is 7.58. The predicted octanol–water partition coefficient (Wildman–Crippen LogP) is 2.03. The van der Waals surface area contributed by atoms with E-state index in [1.54, 1.807) is 24.3 Å². The van der Waals surface area contributed by atoms with Crippen LogP contribution in [-0.2, 0) is 20.0 Å². The van der Waals surface area contributed by atoms with Crippen molar-refractivity contribution in [1.82, 2.24) is 4.90 Å². The van der Waals surface area contributed by atoms with Crippen LogP contribution in [0.5, 0.6) is 0 Å². The lowest BCUT2D eigenvalue weighted by Gasteiger charge is -2.40. The molecule has 1 aliphatic carbocycles. The number of likely N-dealkylation sites (tertiary alicyclic amines) is 1. The first-order chi connectivity index (χ1) is 13.2. The van der Waals surface area contributed by atoms with Crippen LogP contribution in [0.25, 0.3) is 0 Å². The molecule has 1 amide bonds. The first kappa shape index (κ1) is 21.3. The molecule has 1 heterocycles. The van der Waals surface area contributed by atoms with Crippen LogP contribution in [0.3, 0.4) is 0 Å². The van der Waals surface area contributed by atoms with Gasteiger partial charge in [0.2, 0.25) is 5.91 Å². The number of amides is 1. The summed E-state index contributed by atoms with van der Waals surface area (Å²) in [7, 11) is -3.28. The Labute approximate surface area is 167 Å². The van der Waals surface area contributed by atoms with Gasteiger partial charge in [0.05, 0.1) is 22.5 Å². The molecule has 2 fully saturated rings. The van der Waals surface area contributed by atoms with E-state index in [2.05, 4.69) is 0 Å². The van der Waals surface area contributed by atoms with Crippen molar-refractivity contribution < 1.29 is 23.4 Å². The molecule has 7 heteroatoms. The van der Waals surface area contributed by atoms with Gasteiger partial charge in [-0.15, -0.1) is 0 Å². The van der Waals surface area contributed by atoms with Gasteiger partial charge in [-0.3, -0.25) is 4.79 Å². The maximum absolute atomic E-state index is 13.7. The fourth-order valence-corrected chi connectivity index (χ4v) is 5.28. The van der Waals surface area contributed by atoms with Crippen molar-refractivity contribution in [2.75, 3.05) is 26.0 Å². The summed E-state index contributed by atoms with van der Waals surface area (Å²) in [6.45, 7) is 0.719. The maximum Gasteiger partial charge on any atom is 0.233 e. The lowest BCUT2D eigenvalue weighted by Crippen LogP contribution is -2.49. The Balaban J connectivity index is 1.90. The number of hydrogen-bond donors (Lipinski definition) is 2. The lowest BCUT2D eigenvalue weighted by atomic mass is 9.68. The van der Waals surface area contributed by atoms with Gasteiger partial charge in [0.15, 0.2) is 9.84 Å². The Kier molecular flexibility index (Phi) is 6.17. The minimum Gasteiger partial charge on any atom is -0.393 e. The van der Waals surface area contributed by atoms with Crippen molar-refractivity contribution in [2.45, 2.75) is 67.3 Å². The maximum atomic E-state index is 13.7. The molecule has 0 radical (unpaired) electrons. The van der Waals surface area contributed by atoms with Crippen LogP contribution >= 0.6 is 0 Å². The number of nitrogens with zero attached hydrogens (tertiary/aromatic N) is 1. The molecule has 1 unspecified atom stereocenters. The molecule has 1 atom stereocenters. The molecule has 0 bridgehead atoms. The van der Waals surface area contributed by atoms with Gasteiger partial charge in [-0.1, -0.05) is 31.4 Å². The Morgan fingerprint density at radius 3 is 2.21 bits per heavy atom. The number of sulfone groups is 1. The normalized spacial score (nSPS) is 25.9. The standard InChI is InChI=1S/C21H31NO5S/c1-28(26,27)18-8-6-17(7-9-18)21(11-3-2-4-12-21)19(24)22-14-5-10-20(25,16-23)13-15-22/h6-9,23,25H,2-5,10-16H2,1H3. The Morgan fingerprint density at radius 2 is 1.64 bits per heavy atom. The smallest absolute Gasteiger partial charge is 0.233 e. The number of aliphatic hydroxyl groups is 2. The molecule has 28 heavy (non-hydrogen) atoms. The zero-order chi connectivity index (χ0) is 20.4. The van der Waals surface area contributed by atoms with E-state index in [-0.39, 0.29) is 17.4 Å². The van der Waals surface area contributed by atoms with Crippen LogP contribution in [0.4, 0.5) is 0 Å². The molecule has 1 aromatic carbocycles. The quantitative estimate of drug-likeness (QED) is 0.793. The summed E-state index contributed by atoms with van der Waals surface area (Å²) in [4.78, 5) is 15.8. The highest BCUT2D eigenvalue weighted by atomic mass is 32.2. The molecule has 0 aromatic heterocycles. The highest BCUT2D eigenvalue weighted by molar-refractivity contribution is 7.90. The highest BCUT2D eigenvalue weighted by Crippen LogP contribution is 2.42. The minimum absolute atomic E-state index is 0.0708. The zero-order valence-electron chi connectivity index (χ0n) is 16.6. The summed E-state index contributed by atoms with van der Waals surface area (Å²) in [5.41, 5.74) is -0.853. The average molecular weight is 410 g/mol. The third kappa shape index (κ3) is 4.26. The van der Waals surface area contributed by atoms with Crippen molar-refractivity contribution >= 4 is 15.7 Å². The van der Waals surface area contributed by atoms with Crippen molar-refractivity contribution in [2.24, 2.45) is 0 Å². The second-order valence-corrected chi connectivity index (χ2v) is 10.5. The molecule has 1 aromatic rings. The molecule has 1 saturated heterocycles. The minimum atomic E-state index is -3.28. The molecular weight excluding hydrogens is 378 g/mol. The Morgan fingerprint density at radius 1 is 1.00 bits per heavy atom. The van der Waals surface area contributed by atoms with Crippen LogP contribution in [0, 0.1) is 0 Å². The summed E-state index contributed by atoms with van der Waals surface area (Å²) in [6, 6.07) is 6.78. The molecule has 1 aliphatic heterocycles. The molecule has 2 aliphatic rings. The van der Waals surface area contributed by atoms with E-state index in [4.69, 9.17) is 0 Å². The number of benzene rings is 1. The fourth-order valence-electron chi connectivity index (χ4n) is 4.65. The Hall–Kier alpha value is -1.44. The second kappa shape index (κ2) is 8.13. The molecule has 2 N–H and O–H groups in total. The van der Waals surface area contributed by atoms with E-state index in [0.717, 1.165) is 37.7 Å². The summed E-state index contributed by atoms with van der Waals surface area (Å²) in [5.74, 6) is 0.0708. The molecule has 1 saturated carbocycles. The van der Waals surface area contributed by atoms with Gasteiger partial charge in [-0.2, -0.15) is 0 Å². The first-order valence-corrected chi connectivity index (χ1v) is 12.0. The van der Waals surface area contributed by atoms with Gasteiger partial charge in [0, 0.05) is 19.3 Å². The van der Waals surface area contributed by atoms with Crippen LogP contribution in [-0.4, -0.2) is 61.0 Å². The van der Waals surface area contributed by atoms with Gasteiger partial charge < -0.3 is 15.1 Å². The van der Waals surface area contributed by atoms with Gasteiger partial charge in [-0.25, -0.2) is 8.42 Å². The van der Waals surface area contributed by atoms with E-state index >= 15 is 0 Å². The second-order valence-electron chi connectivity index (χ2n) is 8.47. The van der Waals surface area contributed by atoms with Crippen molar-refractivity contribution in [1.29, 1.82) is 0 Å². The van der Waals surface area contributed by atoms with Gasteiger partial charge in [0.1, 0.15) is 0 Å². The average Bonchev–Trinajstić information content (AvgIpc) is 2.90. The molecule has 156 valence electrons. The van der Waals surface area contributed by atoms with Crippen LogP contribution in [0.1, 0.15) is 56.9 Å².